The smallest absolute Gasteiger partial charge is 0.304 e. The molecule has 142 valence electrons. The van der Waals surface area contributed by atoms with Gasteiger partial charge < -0.3 is 5.32 Å². The van der Waals surface area contributed by atoms with Crippen LogP contribution < -0.4 is 10.6 Å². The average molecular weight is 369 g/mol. The van der Waals surface area contributed by atoms with Gasteiger partial charge in [-0.05, 0) is 24.8 Å². The molecule has 1 aromatic rings. The minimum absolute atomic E-state index is 0.0892. The predicted octanol–water partition coefficient (Wildman–Crippen LogP) is 2.96. The summed E-state index contributed by atoms with van der Waals surface area (Å²) < 4.78 is 41.3. The van der Waals surface area contributed by atoms with Crippen LogP contribution in [0.25, 0.3) is 0 Å². The van der Waals surface area contributed by atoms with Crippen LogP contribution in [0.15, 0.2) is 30.3 Å². The zero-order valence-electron chi connectivity index (χ0n) is 14.3. The van der Waals surface area contributed by atoms with E-state index < -0.39 is 29.8 Å². The van der Waals surface area contributed by atoms with E-state index in [9.17, 15) is 22.8 Å². The van der Waals surface area contributed by atoms with E-state index in [1.54, 1.807) is 24.3 Å². The van der Waals surface area contributed by atoms with Crippen LogP contribution in [-0.4, -0.2) is 41.3 Å². The van der Waals surface area contributed by atoms with Gasteiger partial charge in [-0.1, -0.05) is 49.6 Å². The number of alkyl halides is 3. The van der Waals surface area contributed by atoms with Crippen molar-refractivity contribution in [3.05, 3.63) is 35.9 Å². The molecule has 5 nitrogen and oxygen atoms in total. The summed E-state index contributed by atoms with van der Waals surface area (Å²) in [5, 5.41) is 4.18. The first-order valence-corrected chi connectivity index (χ1v) is 8.86. The third kappa shape index (κ3) is 3.42. The van der Waals surface area contributed by atoms with Crippen LogP contribution in [0, 0.1) is 0 Å². The third-order valence-corrected chi connectivity index (χ3v) is 5.06. The molecule has 3 rings (SSSR count). The van der Waals surface area contributed by atoms with Crippen molar-refractivity contribution in [3.8, 4) is 0 Å². The van der Waals surface area contributed by atoms with Gasteiger partial charge in [0.2, 0.25) is 0 Å². The van der Waals surface area contributed by atoms with E-state index in [1.165, 1.54) is 0 Å². The molecule has 0 unspecified atom stereocenters. The predicted molar refractivity (Wildman–Crippen MR) is 89.2 cm³/mol. The largest absolute Gasteiger partial charge is 0.434 e. The summed E-state index contributed by atoms with van der Waals surface area (Å²) in [4.78, 5) is 25.7. The lowest BCUT2D eigenvalue weighted by atomic mass is 9.94. The number of hydrogen-bond donors (Lipinski definition) is 2. The molecule has 1 heterocycles. The number of amides is 3. The SMILES string of the molecule is O=C1N[C@](NCCc2ccccc2)(C(F)(F)F)C(=O)N1C1CCCCC1. The van der Waals surface area contributed by atoms with E-state index in [4.69, 9.17) is 0 Å². The second kappa shape index (κ2) is 7.26. The maximum absolute atomic E-state index is 13.8. The Labute approximate surface area is 149 Å². The van der Waals surface area contributed by atoms with E-state index in [0.29, 0.717) is 19.3 Å². The fourth-order valence-corrected chi connectivity index (χ4v) is 3.67. The Hall–Kier alpha value is -2.09. The number of nitrogens with zero attached hydrogens (tertiary/aromatic N) is 1. The van der Waals surface area contributed by atoms with Crippen molar-refractivity contribution < 1.29 is 22.8 Å². The van der Waals surface area contributed by atoms with E-state index in [0.717, 1.165) is 29.7 Å². The first-order valence-electron chi connectivity index (χ1n) is 8.86. The van der Waals surface area contributed by atoms with Crippen molar-refractivity contribution in [2.45, 2.75) is 56.4 Å². The molecule has 2 fully saturated rings. The number of rotatable bonds is 5. The van der Waals surface area contributed by atoms with Gasteiger partial charge in [0, 0.05) is 12.6 Å². The van der Waals surface area contributed by atoms with Crippen molar-refractivity contribution >= 4 is 11.9 Å². The molecule has 0 radical (unpaired) electrons. The third-order valence-electron chi connectivity index (χ3n) is 5.06. The molecule has 1 aliphatic heterocycles. The van der Waals surface area contributed by atoms with Gasteiger partial charge in [0.05, 0.1) is 0 Å². The van der Waals surface area contributed by atoms with Crippen molar-refractivity contribution in [1.29, 1.82) is 0 Å². The Balaban J connectivity index is 1.77. The molecule has 0 aromatic heterocycles. The zero-order chi connectivity index (χ0) is 18.8. The highest BCUT2D eigenvalue weighted by Gasteiger charge is 2.68. The van der Waals surface area contributed by atoms with Gasteiger partial charge in [-0.2, -0.15) is 13.2 Å². The fourth-order valence-electron chi connectivity index (χ4n) is 3.67. The number of urea groups is 1. The number of imide groups is 1. The summed E-state index contributed by atoms with van der Waals surface area (Å²) in [6.45, 7) is -0.0892. The monoisotopic (exact) mass is 369 g/mol. The van der Waals surface area contributed by atoms with Crippen molar-refractivity contribution in [3.63, 3.8) is 0 Å². The molecule has 8 heteroatoms. The number of nitrogens with one attached hydrogen (secondary N) is 2. The lowest BCUT2D eigenvalue weighted by molar-refractivity contribution is -0.203. The van der Waals surface area contributed by atoms with Gasteiger partial charge >= 0.3 is 12.2 Å². The molecule has 0 bridgehead atoms. The van der Waals surface area contributed by atoms with Crippen molar-refractivity contribution in [2.75, 3.05) is 6.54 Å². The van der Waals surface area contributed by atoms with Crippen LogP contribution in [-0.2, 0) is 11.2 Å². The molecule has 2 aliphatic rings. The summed E-state index contributed by atoms with van der Waals surface area (Å²) >= 11 is 0. The van der Waals surface area contributed by atoms with Gasteiger partial charge in [0.1, 0.15) is 0 Å². The maximum Gasteiger partial charge on any atom is 0.434 e. The molecule has 0 spiro atoms. The Morgan fingerprint density at radius 2 is 1.77 bits per heavy atom. The molecule has 1 aromatic carbocycles. The van der Waals surface area contributed by atoms with E-state index in [2.05, 4.69) is 5.32 Å². The minimum Gasteiger partial charge on any atom is -0.304 e. The average Bonchev–Trinajstić information content (AvgIpc) is 2.88. The number of benzene rings is 1. The molecule has 1 saturated heterocycles. The molecule has 1 aliphatic carbocycles. The van der Waals surface area contributed by atoms with Crippen molar-refractivity contribution in [1.82, 2.24) is 15.5 Å². The van der Waals surface area contributed by atoms with Crippen LogP contribution in [0.1, 0.15) is 37.7 Å². The van der Waals surface area contributed by atoms with Crippen molar-refractivity contribution in [2.24, 2.45) is 0 Å². The zero-order valence-corrected chi connectivity index (χ0v) is 14.3. The molecule has 3 amide bonds. The molecular formula is C18H22F3N3O2. The highest BCUT2D eigenvalue weighted by molar-refractivity contribution is 6.07. The summed E-state index contributed by atoms with van der Waals surface area (Å²) in [6.07, 6.45) is -0.927. The number of hydrogen-bond acceptors (Lipinski definition) is 3. The van der Waals surface area contributed by atoms with Gasteiger partial charge in [-0.25, -0.2) is 4.79 Å². The van der Waals surface area contributed by atoms with Crippen LogP contribution in [0.3, 0.4) is 0 Å². The lowest BCUT2D eigenvalue weighted by Gasteiger charge is -2.32. The Morgan fingerprint density at radius 1 is 1.12 bits per heavy atom. The molecule has 2 N–H and O–H groups in total. The Bertz CT molecular complexity index is 659. The first kappa shape index (κ1) is 18.7. The highest BCUT2D eigenvalue weighted by Crippen LogP contribution is 2.36. The molecule has 26 heavy (non-hydrogen) atoms. The summed E-state index contributed by atoms with van der Waals surface area (Å²) in [5.74, 6) is -1.24. The number of carbonyl (C=O) groups is 2. The fraction of sp³-hybridized carbons (Fsp3) is 0.556. The van der Waals surface area contributed by atoms with Crippen LogP contribution in [0.5, 0.6) is 0 Å². The Morgan fingerprint density at radius 3 is 2.38 bits per heavy atom. The van der Waals surface area contributed by atoms with Crippen LogP contribution in [0.2, 0.25) is 0 Å². The summed E-state index contributed by atoms with van der Waals surface area (Å²) in [7, 11) is 0. The van der Waals surface area contributed by atoms with E-state index in [-0.39, 0.29) is 6.54 Å². The van der Waals surface area contributed by atoms with Crippen LogP contribution >= 0.6 is 0 Å². The summed E-state index contributed by atoms with van der Waals surface area (Å²) in [5.41, 5.74) is -2.20. The summed E-state index contributed by atoms with van der Waals surface area (Å²) in [6, 6.07) is 7.57. The quantitative estimate of drug-likeness (QED) is 0.785. The number of carbonyl (C=O) groups excluding carboxylic acids is 2. The first-order chi connectivity index (χ1) is 12.3. The lowest BCUT2D eigenvalue weighted by Crippen LogP contribution is -2.68. The molecule has 1 atom stereocenters. The highest BCUT2D eigenvalue weighted by atomic mass is 19.4. The Kier molecular flexibility index (Phi) is 5.22. The van der Waals surface area contributed by atoms with Gasteiger partial charge in [-0.15, -0.1) is 0 Å². The second-order valence-electron chi connectivity index (χ2n) is 6.81. The normalized spacial score (nSPS) is 24.8. The maximum atomic E-state index is 13.8. The number of halogens is 3. The van der Waals surface area contributed by atoms with Gasteiger partial charge in [0.25, 0.3) is 11.6 Å². The van der Waals surface area contributed by atoms with E-state index >= 15 is 0 Å². The molecular weight excluding hydrogens is 347 g/mol. The van der Waals surface area contributed by atoms with Gasteiger partial charge in [0.15, 0.2) is 0 Å². The van der Waals surface area contributed by atoms with Crippen LogP contribution in [0.4, 0.5) is 18.0 Å². The minimum atomic E-state index is -4.93. The topological polar surface area (TPSA) is 61.4 Å². The van der Waals surface area contributed by atoms with E-state index in [1.807, 2.05) is 11.4 Å². The second-order valence-corrected chi connectivity index (χ2v) is 6.81. The van der Waals surface area contributed by atoms with Gasteiger partial charge in [-0.3, -0.25) is 15.0 Å². The standard InChI is InChI=1S/C18H22F3N3O2/c19-18(20,21)17(22-12-11-13-7-3-1-4-8-13)15(25)24(16(26)23-17)14-9-5-2-6-10-14/h1,3-4,7-8,14,22H,2,5-6,9-12H2,(H,23,26)/t17-/m0/s1. The molecule has 1 saturated carbocycles.